The number of carboxylic acids is 1. The third kappa shape index (κ3) is 2.78. The lowest BCUT2D eigenvalue weighted by atomic mass is 10.3. The molecule has 18 heavy (non-hydrogen) atoms. The molecule has 0 spiro atoms. The van der Waals surface area contributed by atoms with E-state index in [0.717, 1.165) is 4.90 Å². The molecule has 0 saturated heterocycles. The second-order valence-corrected chi connectivity index (χ2v) is 4.15. The zero-order valence-corrected chi connectivity index (χ0v) is 10.3. The molecule has 0 aliphatic heterocycles. The Bertz CT molecular complexity index is 575. The highest BCUT2D eigenvalue weighted by Gasteiger charge is 2.09. The summed E-state index contributed by atoms with van der Waals surface area (Å²) in [6, 6.07) is 7.44. The summed E-state index contributed by atoms with van der Waals surface area (Å²) in [6.45, 7) is 0. The average molecular weight is 262 g/mol. The number of ether oxygens (including phenoxy) is 1. The van der Waals surface area contributed by atoms with Crippen molar-refractivity contribution in [2.45, 2.75) is 4.90 Å². The molecule has 2 aromatic rings. The minimum atomic E-state index is -1.13. The summed E-state index contributed by atoms with van der Waals surface area (Å²) < 4.78 is 5.53. The first-order chi connectivity index (χ1) is 8.70. The Kier molecular flexibility index (Phi) is 3.78. The average Bonchev–Trinajstić information content (AvgIpc) is 2.39. The van der Waals surface area contributed by atoms with E-state index < -0.39 is 5.97 Å². The van der Waals surface area contributed by atoms with Gasteiger partial charge in [-0.2, -0.15) is 0 Å². The fourth-order valence-corrected chi connectivity index (χ4v) is 1.84. The van der Waals surface area contributed by atoms with Gasteiger partial charge in [-0.25, -0.2) is 9.78 Å². The molecule has 0 saturated carbocycles. The second kappa shape index (κ2) is 5.50. The van der Waals surface area contributed by atoms with E-state index in [9.17, 15) is 4.79 Å². The molecule has 0 atom stereocenters. The van der Waals surface area contributed by atoms with Crippen molar-refractivity contribution in [1.82, 2.24) is 9.97 Å². The summed E-state index contributed by atoms with van der Waals surface area (Å²) in [5.74, 6) is -0.343. The number of para-hydroxylation sites is 1. The van der Waals surface area contributed by atoms with Gasteiger partial charge < -0.3 is 9.84 Å². The van der Waals surface area contributed by atoms with E-state index in [2.05, 4.69) is 9.97 Å². The molecule has 2 rings (SSSR count). The number of thioether (sulfide) groups is 1. The Morgan fingerprint density at radius 3 is 2.83 bits per heavy atom. The van der Waals surface area contributed by atoms with Crippen LogP contribution in [0.25, 0.3) is 0 Å². The normalized spacial score (nSPS) is 10.1. The van der Waals surface area contributed by atoms with Crippen LogP contribution in [0.1, 0.15) is 10.5 Å². The molecule has 1 aromatic carbocycles. The number of aromatic nitrogens is 2. The second-order valence-electron chi connectivity index (χ2n) is 3.30. The summed E-state index contributed by atoms with van der Waals surface area (Å²) in [7, 11) is 0. The van der Waals surface area contributed by atoms with Crippen molar-refractivity contribution >= 4 is 17.7 Å². The fraction of sp³-hybridized carbons (Fsp3) is 0.0833. The summed E-state index contributed by atoms with van der Waals surface area (Å²) >= 11 is 1.54. The van der Waals surface area contributed by atoms with Crippen LogP contribution in [0.3, 0.4) is 0 Å². The first kappa shape index (κ1) is 12.4. The molecule has 1 aromatic heterocycles. The van der Waals surface area contributed by atoms with E-state index in [1.807, 2.05) is 24.5 Å². The smallest absolute Gasteiger partial charge is 0.356 e. The van der Waals surface area contributed by atoms with Crippen LogP contribution >= 0.6 is 11.8 Å². The molecule has 0 radical (unpaired) electrons. The molecule has 0 aliphatic carbocycles. The number of rotatable bonds is 4. The van der Waals surface area contributed by atoms with Crippen molar-refractivity contribution in [3.63, 3.8) is 0 Å². The van der Waals surface area contributed by atoms with Gasteiger partial charge in [-0.05, 0) is 18.4 Å². The van der Waals surface area contributed by atoms with Crippen molar-refractivity contribution in [1.29, 1.82) is 0 Å². The lowest BCUT2D eigenvalue weighted by Crippen LogP contribution is -2.02. The van der Waals surface area contributed by atoms with E-state index in [1.165, 1.54) is 24.2 Å². The first-order valence-corrected chi connectivity index (χ1v) is 6.29. The van der Waals surface area contributed by atoms with Crippen LogP contribution in [0.2, 0.25) is 0 Å². The Morgan fingerprint density at radius 1 is 1.33 bits per heavy atom. The van der Waals surface area contributed by atoms with Gasteiger partial charge in [0.1, 0.15) is 5.75 Å². The highest BCUT2D eigenvalue weighted by atomic mass is 32.2. The van der Waals surface area contributed by atoms with Gasteiger partial charge >= 0.3 is 5.97 Å². The van der Waals surface area contributed by atoms with Gasteiger partial charge in [-0.1, -0.05) is 12.1 Å². The lowest BCUT2D eigenvalue weighted by Gasteiger charge is -2.08. The standard InChI is InChI=1S/C12H10N2O3S/c1-18-10-5-3-2-4-9(10)17-11-7-13-6-8(14-11)12(15)16/h2-7H,1H3,(H,15,16). The number of hydrogen-bond acceptors (Lipinski definition) is 5. The minimum Gasteiger partial charge on any atom is -0.476 e. The van der Waals surface area contributed by atoms with Gasteiger partial charge in [0.05, 0.1) is 12.4 Å². The van der Waals surface area contributed by atoms with Crippen LogP contribution in [0.4, 0.5) is 0 Å². The zero-order valence-electron chi connectivity index (χ0n) is 9.53. The Hall–Kier alpha value is -2.08. The number of benzene rings is 1. The largest absolute Gasteiger partial charge is 0.476 e. The maximum atomic E-state index is 10.8. The molecule has 1 heterocycles. The van der Waals surface area contributed by atoms with Gasteiger partial charge in [-0.15, -0.1) is 11.8 Å². The topological polar surface area (TPSA) is 72.3 Å². The summed E-state index contributed by atoms with van der Waals surface area (Å²) in [4.78, 5) is 19.3. The first-order valence-electron chi connectivity index (χ1n) is 5.07. The molecular formula is C12H10N2O3S. The molecule has 0 amide bonds. The SMILES string of the molecule is CSc1ccccc1Oc1cncc(C(=O)O)n1. The van der Waals surface area contributed by atoms with E-state index in [4.69, 9.17) is 9.84 Å². The molecule has 0 fully saturated rings. The number of nitrogens with zero attached hydrogens (tertiary/aromatic N) is 2. The van der Waals surface area contributed by atoms with Crippen LogP contribution in [0.5, 0.6) is 11.6 Å². The van der Waals surface area contributed by atoms with Crippen molar-refractivity contribution < 1.29 is 14.6 Å². The molecule has 0 unspecified atom stereocenters. The maximum absolute atomic E-state index is 10.8. The van der Waals surface area contributed by atoms with Crippen LogP contribution in [-0.4, -0.2) is 27.3 Å². The van der Waals surface area contributed by atoms with Crippen LogP contribution in [0.15, 0.2) is 41.6 Å². The van der Waals surface area contributed by atoms with Gasteiger partial charge in [0, 0.05) is 4.90 Å². The zero-order chi connectivity index (χ0) is 13.0. The van der Waals surface area contributed by atoms with Gasteiger partial charge in [0.25, 0.3) is 0 Å². The number of carbonyl (C=O) groups is 1. The maximum Gasteiger partial charge on any atom is 0.356 e. The van der Waals surface area contributed by atoms with Crippen molar-refractivity contribution in [3.8, 4) is 11.6 Å². The lowest BCUT2D eigenvalue weighted by molar-refractivity contribution is 0.0689. The summed E-state index contributed by atoms with van der Waals surface area (Å²) in [5, 5.41) is 8.81. The van der Waals surface area contributed by atoms with Crippen LogP contribution in [0, 0.1) is 0 Å². The van der Waals surface area contributed by atoms with E-state index in [-0.39, 0.29) is 11.6 Å². The van der Waals surface area contributed by atoms with Crippen molar-refractivity contribution in [3.05, 3.63) is 42.4 Å². The molecule has 6 heteroatoms. The Balaban J connectivity index is 2.28. The molecular weight excluding hydrogens is 252 g/mol. The van der Waals surface area contributed by atoms with Gasteiger partial charge in [0.2, 0.25) is 5.88 Å². The third-order valence-electron chi connectivity index (χ3n) is 2.12. The van der Waals surface area contributed by atoms with Crippen LogP contribution in [-0.2, 0) is 0 Å². The van der Waals surface area contributed by atoms with Crippen LogP contribution < -0.4 is 4.74 Å². The highest BCUT2D eigenvalue weighted by Crippen LogP contribution is 2.30. The molecule has 5 nitrogen and oxygen atoms in total. The number of carboxylic acid groups (broad SMARTS) is 1. The van der Waals surface area contributed by atoms with Crippen molar-refractivity contribution in [2.24, 2.45) is 0 Å². The molecule has 0 bridgehead atoms. The van der Waals surface area contributed by atoms with Gasteiger partial charge in [-0.3, -0.25) is 4.98 Å². The van der Waals surface area contributed by atoms with Gasteiger partial charge in [0.15, 0.2) is 5.69 Å². The molecule has 1 N–H and O–H groups in total. The van der Waals surface area contributed by atoms with Crippen molar-refractivity contribution in [2.75, 3.05) is 6.26 Å². The van der Waals surface area contributed by atoms with E-state index >= 15 is 0 Å². The predicted molar refractivity (Wildman–Crippen MR) is 67.3 cm³/mol. The third-order valence-corrected chi connectivity index (χ3v) is 2.89. The fourth-order valence-electron chi connectivity index (χ4n) is 1.32. The van der Waals surface area contributed by atoms with E-state index in [1.54, 1.807) is 6.07 Å². The Morgan fingerprint density at radius 2 is 2.11 bits per heavy atom. The molecule has 0 aliphatic rings. The monoisotopic (exact) mass is 262 g/mol. The highest BCUT2D eigenvalue weighted by molar-refractivity contribution is 7.98. The quantitative estimate of drug-likeness (QED) is 0.854. The molecule has 92 valence electrons. The summed E-state index contributed by atoms with van der Waals surface area (Å²) in [6.07, 6.45) is 4.49. The number of aromatic carboxylic acids is 1. The number of hydrogen-bond donors (Lipinski definition) is 1. The minimum absolute atomic E-state index is 0.144. The predicted octanol–water partition coefficient (Wildman–Crippen LogP) is 2.69. The summed E-state index contributed by atoms with van der Waals surface area (Å²) in [5.41, 5.74) is -0.144. The Labute approximate surface area is 108 Å². The van der Waals surface area contributed by atoms with E-state index in [0.29, 0.717) is 5.75 Å².